The van der Waals surface area contributed by atoms with Gasteiger partial charge in [0.15, 0.2) is 0 Å². The van der Waals surface area contributed by atoms with Crippen LogP contribution < -0.4 is 0 Å². The van der Waals surface area contributed by atoms with Gasteiger partial charge in [-0.3, -0.25) is 9.80 Å². The van der Waals surface area contributed by atoms with Gasteiger partial charge >= 0.3 is 0 Å². The van der Waals surface area contributed by atoms with E-state index >= 15 is 0 Å². The zero-order chi connectivity index (χ0) is 63.8. The summed E-state index contributed by atoms with van der Waals surface area (Å²) in [4.78, 5) is 4.68. The van der Waals surface area contributed by atoms with Crippen LogP contribution in [0.4, 0.5) is 0 Å². The van der Waals surface area contributed by atoms with E-state index in [-0.39, 0.29) is 0 Å². The molecule has 0 amide bonds. The first kappa shape index (κ1) is 87.8. The minimum atomic E-state index is -0.399. The molecule has 0 heterocycles. The van der Waals surface area contributed by atoms with Gasteiger partial charge in [-0.15, -0.1) is 0 Å². The highest BCUT2D eigenvalue weighted by Crippen LogP contribution is 2.21. The fourth-order valence-electron chi connectivity index (χ4n) is 14.1. The molecule has 0 radical (unpaired) electrons. The second-order valence-electron chi connectivity index (χ2n) is 29.5. The van der Waals surface area contributed by atoms with Crippen molar-refractivity contribution in [3.8, 4) is 0 Å². The molecule has 6 heteroatoms. The first-order chi connectivity index (χ1) is 43.4. The summed E-state index contributed by atoms with van der Waals surface area (Å²) in [6.45, 7) is 13.0. The Bertz CT molecular complexity index is 1060. The molecule has 0 fully saturated rings. The Morgan fingerprint density at radius 3 is 0.375 bits per heavy atom. The van der Waals surface area contributed by atoms with Gasteiger partial charge < -0.3 is 20.4 Å². The highest BCUT2D eigenvalue weighted by molar-refractivity contribution is 4.75. The van der Waals surface area contributed by atoms with Crippen molar-refractivity contribution in [3.05, 3.63) is 0 Å². The molecule has 4 atom stereocenters. The van der Waals surface area contributed by atoms with Crippen molar-refractivity contribution < 1.29 is 20.4 Å². The smallest absolute Gasteiger partial charge is 0.0667 e. The monoisotopic (exact) mass is 1250 g/mol. The molecule has 0 aliphatic rings. The maximum atomic E-state index is 11.5. The van der Waals surface area contributed by atoms with Gasteiger partial charge in [-0.25, -0.2) is 0 Å². The van der Waals surface area contributed by atoms with Crippen LogP contribution >= 0.6 is 0 Å². The van der Waals surface area contributed by atoms with Crippen molar-refractivity contribution in [1.82, 2.24) is 9.80 Å². The number of unbranched alkanes of at least 4 members (excludes halogenated alkanes) is 60. The van der Waals surface area contributed by atoms with E-state index in [1.807, 2.05) is 0 Å². The number of aliphatic hydroxyl groups excluding tert-OH is 4. The lowest BCUT2D eigenvalue weighted by Gasteiger charge is -2.32. The zero-order valence-electron chi connectivity index (χ0n) is 61.3. The third-order valence-electron chi connectivity index (χ3n) is 20.2. The Hall–Kier alpha value is -0.240. The van der Waals surface area contributed by atoms with Crippen molar-refractivity contribution in [2.24, 2.45) is 0 Å². The number of rotatable bonds is 79. The summed E-state index contributed by atoms with van der Waals surface area (Å²) in [7, 11) is 0. The Morgan fingerprint density at radius 2 is 0.261 bits per heavy atom. The van der Waals surface area contributed by atoms with Crippen LogP contribution in [0.15, 0.2) is 0 Å². The van der Waals surface area contributed by atoms with Crippen molar-refractivity contribution in [1.29, 1.82) is 0 Å². The van der Waals surface area contributed by atoms with Gasteiger partial charge in [-0.1, -0.05) is 439 Å². The summed E-state index contributed by atoms with van der Waals surface area (Å²) in [6, 6.07) is 0. The van der Waals surface area contributed by atoms with Crippen LogP contribution in [-0.4, -0.2) is 93.9 Å². The molecule has 0 rings (SSSR count). The second kappa shape index (κ2) is 75.8. The summed E-state index contributed by atoms with van der Waals surface area (Å²) in [6.07, 6.45) is 88.4. The van der Waals surface area contributed by atoms with Crippen LogP contribution in [0.5, 0.6) is 0 Å². The van der Waals surface area contributed by atoms with Crippen LogP contribution in [0.2, 0.25) is 0 Å². The molecular weight excluding hydrogens is 1080 g/mol. The Kier molecular flexibility index (Phi) is 75.6. The molecule has 6 nitrogen and oxygen atoms in total. The Morgan fingerprint density at radius 1 is 0.159 bits per heavy atom. The van der Waals surface area contributed by atoms with Crippen molar-refractivity contribution in [2.75, 3.05) is 39.3 Å². The summed E-state index contributed by atoms with van der Waals surface area (Å²) >= 11 is 0. The van der Waals surface area contributed by atoms with Gasteiger partial charge in [0.1, 0.15) is 0 Å². The average molecular weight is 1250 g/mol. The molecule has 530 valence electrons. The van der Waals surface area contributed by atoms with Crippen molar-refractivity contribution in [3.63, 3.8) is 0 Å². The van der Waals surface area contributed by atoms with E-state index in [2.05, 4.69) is 37.5 Å². The largest absolute Gasteiger partial charge is 0.392 e. The molecule has 0 saturated heterocycles. The molecule has 0 aromatic heterocycles. The zero-order valence-corrected chi connectivity index (χ0v) is 61.3. The van der Waals surface area contributed by atoms with E-state index in [0.717, 1.165) is 64.5 Å². The van der Waals surface area contributed by atoms with E-state index < -0.39 is 24.4 Å². The van der Waals surface area contributed by atoms with Crippen molar-refractivity contribution >= 4 is 0 Å². The molecule has 0 aliphatic carbocycles. The fourth-order valence-corrected chi connectivity index (χ4v) is 14.1. The van der Waals surface area contributed by atoms with E-state index in [9.17, 15) is 20.4 Å². The first-order valence-corrected chi connectivity index (χ1v) is 41.5. The minimum absolute atomic E-state index is 0.399. The lowest BCUT2D eigenvalue weighted by Crippen LogP contribution is -2.45. The highest BCUT2D eigenvalue weighted by atomic mass is 16.3. The fraction of sp³-hybridized carbons (Fsp3) is 1.00. The van der Waals surface area contributed by atoms with Gasteiger partial charge in [0.05, 0.1) is 24.4 Å². The molecule has 0 bridgehead atoms. The van der Waals surface area contributed by atoms with E-state index in [1.54, 1.807) is 0 Å². The number of hydrogen-bond acceptors (Lipinski definition) is 6. The van der Waals surface area contributed by atoms with E-state index in [0.29, 0.717) is 26.2 Å². The molecule has 4 N–H and O–H groups in total. The predicted octanol–water partition coefficient (Wildman–Crippen LogP) is 25.6. The summed E-state index contributed by atoms with van der Waals surface area (Å²) in [5, 5.41) is 46.2. The van der Waals surface area contributed by atoms with Gasteiger partial charge in [-0.05, 0) is 25.7 Å². The maximum absolute atomic E-state index is 11.5. The molecule has 0 spiro atoms. The number of hydrogen-bond donors (Lipinski definition) is 4. The molecule has 0 aliphatic heterocycles. The van der Waals surface area contributed by atoms with Crippen LogP contribution in [0.3, 0.4) is 0 Å². The number of nitrogens with zero attached hydrogens (tertiary/aromatic N) is 2. The van der Waals surface area contributed by atoms with Crippen LogP contribution in [0.1, 0.15) is 464 Å². The molecule has 4 unspecified atom stereocenters. The van der Waals surface area contributed by atoms with Gasteiger partial charge in [0.2, 0.25) is 0 Å². The topological polar surface area (TPSA) is 87.4 Å². The highest BCUT2D eigenvalue weighted by Gasteiger charge is 2.21. The normalized spacial score (nSPS) is 13.4. The predicted molar refractivity (Wildman–Crippen MR) is 394 cm³/mol. The lowest BCUT2D eigenvalue weighted by molar-refractivity contribution is 0.0345. The van der Waals surface area contributed by atoms with Crippen molar-refractivity contribution in [2.45, 2.75) is 489 Å². The van der Waals surface area contributed by atoms with Gasteiger partial charge in [0.25, 0.3) is 0 Å². The van der Waals surface area contributed by atoms with E-state index in [1.165, 1.54) is 385 Å². The molecule has 0 saturated carbocycles. The molecular formula is C82H168N2O4. The van der Waals surface area contributed by atoms with Gasteiger partial charge in [0, 0.05) is 39.3 Å². The van der Waals surface area contributed by atoms with E-state index in [4.69, 9.17) is 0 Å². The third-order valence-corrected chi connectivity index (χ3v) is 20.2. The van der Waals surface area contributed by atoms with Crippen LogP contribution in [0.25, 0.3) is 0 Å². The summed E-state index contributed by atoms with van der Waals surface area (Å²) < 4.78 is 0. The summed E-state index contributed by atoms with van der Waals surface area (Å²) in [5.74, 6) is 0. The summed E-state index contributed by atoms with van der Waals surface area (Å²) in [5.41, 5.74) is 0. The quantitative estimate of drug-likeness (QED) is 0.0454. The Labute approximate surface area is 555 Å². The minimum Gasteiger partial charge on any atom is -0.392 e. The maximum Gasteiger partial charge on any atom is 0.0667 e. The molecule has 88 heavy (non-hydrogen) atoms. The second-order valence-corrected chi connectivity index (χ2v) is 29.5. The molecule has 0 aromatic carbocycles. The first-order valence-electron chi connectivity index (χ1n) is 41.5. The molecule has 0 aromatic rings. The standard InChI is InChI=1S/C82H168N2O4/c1-5-9-13-17-21-25-29-33-37-41-45-49-53-57-61-65-69-79(85)75-83(76-80(86)70-66-62-58-54-50-46-42-38-34-30-26-22-18-14-10-6-2)73-74-84(77-81(87)71-67-63-59-55-51-47-43-39-35-31-27-23-19-15-11-7-3)78-82(88)72-68-64-60-56-52-48-44-40-36-32-28-24-20-16-12-8-4/h79-82,85-88H,5-78H2,1-4H3. The van der Waals surface area contributed by atoms with Crippen LogP contribution in [0, 0.1) is 0 Å². The SMILES string of the molecule is CCCCCCCCCCCCCCCCCCC(O)CN(CCN(CC(O)CCCCCCCCCCCCCCCCCC)CC(O)CCCCCCCCCCCCCCCCCC)CC(O)CCCCCCCCCCCCCCCCCC. The third kappa shape index (κ3) is 71.6. The lowest BCUT2D eigenvalue weighted by atomic mass is 10.0. The number of aliphatic hydroxyl groups is 4. The van der Waals surface area contributed by atoms with Crippen LogP contribution in [-0.2, 0) is 0 Å². The Balaban J connectivity index is 5.25. The van der Waals surface area contributed by atoms with Gasteiger partial charge in [-0.2, -0.15) is 0 Å². The average Bonchev–Trinajstić information content (AvgIpc) is 3.52.